The maximum absolute atomic E-state index is 6.27. The van der Waals surface area contributed by atoms with E-state index in [2.05, 4.69) is 25.3 Å². The number of pyridine rings is 1. The molecule has 0 bridgehead atoms. The van der Waals surface area contributed by atoms with Crippen molar-refractivity contribution in [1.29, 1.82) is 0 Å². The number of anilines is 2. The van der Waals surface area contributed by atoms with Crippen molar-refractivity contribution in [1.82, 2.24) is 15.0 Å². The number of nitrogens with one attached hydrogen (secondary N) is 1. The quantitative estimate of drug-likeness (QED) is 0.504. The van der Waals surface area contributed by atoms with Gasteiger partial charge >= 0.3 is 0 Å². The van der Waals surface area contributed by atoms with E-state index >= 15 is 0 Å². The third-order valence-corrected chi connectivity index (χ3v) is 5.14. The van der Waals surface area contributed by atoms with Crippen LogP contribution in [0.15, 0.2) is 60.0 Å². The zero-order valence-electron chi connectivity index (χ0n) is 14.5. The number of aromatic nitrogens is 3. The van der Waals surface area contributed by atoms with Gasteiger partial charge in [-0.15, -0.1) is 0 Å². The van der Waals surface area contributed by atoms with Crippen molar-refractivity contribution in [3.05, 3.63) is 81.4 Å². The lowest BCUT2D eigenvalue weighted by Gasteiger charge is -2.09. The molecule has 140 valence electrons. The molecule has 8 heteroatoms. The van der Waals surface area contributed by atoms with Gasteiger partial charge in [0.1, 0.15) is 5.15 Å². The van der Waals surface area contributed by atoms with Gasteiger partial charge in [0.05, 0.1) is 17.6 Å². The van der Waals surface area contributed by atoms with Gasteiger partial charge in [-0.1, -0.05) is 40.9 Å². The van der Waals surface area contributed by atoms with E-state index in [1.807, 2.05) is 36.5 Å². The lowest BCUT2D eigenvalue weighted by atomic mass is 10.0. The first-order chi connectivity index (χ1) is 13.6. The Hall–Kier alpha value is -2.47. The van der Waals surface area contributed by atoms with E-state index in [0.717, 1.165) is 28.2 Å². The molecular formula is C20H14Cl3N5. The molecule has 0 unspecified atom stereocenters. The molecule has 0 aliphatic carbocycles. The van der Waals surface area contributed by atoms with Crippen LogP contribution >= 0.6 is 34.8 Å². The number of allylic oxidation sites excluding steroid dienone is 1. The molecule has 0 radical (unpaired) electrons. The number of halogens is 3. The molecule has 0 fully saturated rings. The number of hydrogen-bond acceptors (Lipinski definition) is 5. The van der Waals surface area contributed by atoms with Crippen molar-refractivity contribution in [2.75, 3.05) is 5.32 Å². The van der Waals surface area contributed by atoms with E-state index in [9.17, 15) is 0 Å². The van der Waals surface area contributed by atoms with Crippen LogP contribution in [0.5, 0.6) is 0 Å². The molecule has 3 heterocycles. The Morgan fingerprint density at radius 3 is 2.54 bits per heavy atom. The van der Waals surface area contributed by atoms with Crippen LogP contribution in [0.1, 0.15) is 17.7 Å². The second-order valence-electron chi connectivity index (χ2n) is 6.16. The second-order valence-corrected chi connectivity index (χ2v) is 7.37. The normalized spacial score (nSPS) is 13.2. The van der Waals surface area contributed by atoms with Crippen LogP contribution in [0.2, 0.25) is 15.2 Å². The van der Waals surface area contributed by atoms with Crippen LogP contribution in [0.25, 0.3) is 5.57 Å². The van der Waals surface area contributed by atoms with Crippen molar-refractivity contribution in [3.8, 4) is 0 Å². The zero-order chi connectivity index (χ0) is 19.5. The maximum Gasteiger partial charge on any atom is 0.227 e. The van der Waals surface area contributed by atoms with Crippen molar-refractivity contribution >= 4 is 57.7 Å². The average molecular weight is 431 g/mol. The summed E-state index contributed by atoms with van der Waals surface area (Å²) < 4.78 is 0. The molecule has 0 saturated carbocycles. The molecule has 5 nitrogen and oxygen atoms in total. The minimum absolute atomic E-state index is 0.430. The van der Waals surface area contributed by atoms with E-state index in [4.69, 9.17) is 34.8 Å². The molecule has 0 spiro atoms. The standard InChI is InChI=1S/C20H14Cl3N5/c21-16-2-1-3-17(22)15(16)9-14-8-12(10-25-14)18-6-7-24-20(28-18)27-13-4-5-19(23)26-11-13/h1-7,10-11H,8-9H2,(H,24,27,28). The monoisotopic (exact) mass is 429 g/mol. The zero-order valence-corrected chi connectivity index (χ0v) is 16.8. The van der Waals surface area contributed by atoms with Crippen molar-refractivity contribution in [2.24, 2.45) is 4.99 Å². The van der Waals surface area contributed by atoms with E-state index in [1.165, 1.54) is 0 Å². The number of rotatable bonds is 5. The smallest absolute Gasteiger partial charge is 0.227 e. The molecule has 1 aliphatic rings. The fourth-order valence-electron chi connectivity index (χ4n) is 2.83. The summed E-state index contributed by atoms with van der Waals surface area (Å²) in [5, 5.41) is 4.84. The summed E-state index contributed by atoms with van der Waals surface area (Å²) in [5.41, 5.74) is 4.45. The topological polar surface area (TPSA) is 63.1 Å². The lowest BCUT2D eigenvalue weighted by Crippen LogP contribution is -2.04. The van der Waals surface area contributed by atoms with Gasteiger partial charge in [-0.05, 0) is 35.9 Å². The summed E-state index contributed by atoms with van der Waals surface area (Å²) in [6.07, 6.45) is 6.45. The molecule has 0 saturated heterocycles. The Kier molecular flexibility index (Phi) is 5.57. The van der Waals surface area contributed by atoms with Gasteiger partial charge < -0.3 is 5.32 Å². The molecule has 4 rings (SSSR count). The fraction of sp³-hybridized carbons (Fsp3) is 0.100. The van der Waals surface area contributed by atoms with Crippen LogP contribution in [-0.2, 0) is 6.42 Å². The molecule has 2 aromatic heterocycles. The number of benzene rings is 1. The first kappa shape index (κ1) is 18.9. The molecule has 0 amide bonds. The maximum atomic E-state index is 6.27. The number of hydrogen-bond donors (Lipinski definition) is 1. The third-order valence-electron chi connectivity index (χ3n) is 4.21. The largest absolute Gasteiger partial charge is 0.323 e. The Bertz CT molecular complexity index is 1060. The van der Waals surface area contributed by atoms with Gasteiger partial charge in [-0.2, -0.15) is 0 Å². The number of nitrogens with zero attached hydrogens (tertiary/aromatic N) is 4. The van der Waals surface area contributed by atoms with Crippen molar-refractivity contribution in [3.63, 3.8) is 0 Å². The second kappa shape index (κ2) is 8.27. The molecule has 1 aliphatic heterocycles. The Morgan fingerprint density at radius 1 is 0.964 bits per heavy atom. The van der Waals surface area contributed by atoms with Crippen LogP contribution in [0.4, 0.5) is 11.6 Å². The highest BCUT2D eigenvalue weighted by molar-refractivity contribution is 6.36. The van der Waals surface area contributed by atoms with E-state index in [1.54, 1.807) is 18.5 Å². The molecule has 1 aromatic carbocycles. The predicted molar refractivity (Wildman–Crippen MR) is 115 cm³/mol. The third kappa shape index (κ3) is 4.33. The molecular weight excluding hydrogens is 417 g/mol. The molecule has 1 N–H and O–H groups in total. The van der Waals surface area contributed by atoms with Crippen LogP contribution < -0.4 is 5.32 Å². The number of aliphatic imine (C=N–C) groups is 1. The Morgan fingerprint density at radius 2 is 1.79 bits per heavy atom. The van der Waals surface area contributed by atoms with Gasteiger partial charge in [-0.3, -0.25) is 4.99 Å². The predicted octanol–water partition coefficient (Wildman–Crippen LogP) is 6.00. The fourth-order valence-corrected chi connectivity index (χ4v) is 3.47. The van der Waals surface area contributed by atoms with E-state index in [-0.39, 0.29) is 0 Å². The minimum Gasteiger partial charge on any atom is -0.323 e. The van der Waals surface area contributed by atoms with Gasteiger partial charge in [-0.25, -0.2) is 15.0 Å². The highest BCUT2D eigenvalue weighted by Crippen LogP contribution is 2.29. The summed E-state index contributed by atoms with van der Waals surface area (Å²) in [4.78, 5) is 17.4. The van der Waals surface area contributed by atoms with Gasteiger partial charge in [0.25, 0.3) is 0 Å². The van der Waals surface area contributed by atoms with Crippen LogP contribution in [0.3, 0.4) is 0 Å². The van der Waals surface area contributed by atoms with Crippen molar-refractivity contribution < 1.29 is 0 Å². The summed E-state index contributed by atoms with van der Waals surface area (Å²) in [7, 11) is 0. The van der Waals surface area contributed by atoms with Crippen LogP contribution in [0, 0.1) is 0 Å². The minimum atomic E-state index is 0.430. The molecule has 0 atom stereocenters. The van der Waals surface area contributed by atoms with Crippen LogP contribution in [-0.4, -0.2) is 20.7 Å². The van der Waals surface area contributed by atoms with Gasteiger partial charge in [0.2, 0.25) is 5.95 Å². The molecule has 3 aromatic rings. The highest BCUT2D eigenvalue weighted by atomic mass is 35.5. The van der Waals surface area contributed by atoms with Gasteiger partial charge in [0, 0.05) is 46.6 Å². The summed E-state index contributed by atoms with van der Waals surface area (Å²) in [6, 6.07) is 10.9. The summed E-state index contributed by atoms with van der Waals surface area (Å²) in [5.74, 6) is 0.477. The Labute approximate surface area is 177 Å². The summed E-state index contributed by atoms with van der Waals surface area (Å²) >= 11 is 18.4. The SMILES string of the molecule is Clc1ccc(Nc2nccc(C3=CN=C(Cc4c(Cl)cccc4Cl)C3)n2)cn1. The van der Waals surface area contributed by atoms with E-state index < -0.39 is 0 Å². The first-order valence-corrected chi connectivity index (χ1v) is 9.61. The Balaban J connectivity index is 1.45. The van der Waals surface area contributed by atoms with Gasteiger partial charge in [0.15, 0.2) is 0 Å². The van der Waals surface area contributed by atoms with E-state index in [0.29, 0.717) is 34.0 Å². The summed E-state index contributed by atoms with van der Waals surface area (Å²) in [6.45, 7) is 0. The highest BCUT2D eigenvalue weighted by Gasteiger charge is 2.17. The lowest BCUT2D eigenvalue weighted by molar-refractivity contribution is 1.13. The average Bonchev–Trinajstić information content (AvgIpc) is 3.16. The molecule has 28 heavy (non-hydrogen) atoms. The van der Waals surface area contributed by atoms with Crippen molar-refractivity contribution in [2.45, 2.75) is 12.8 Å². The first-order valence-electron chi connectivity index (χ1n) is 8.48.